The summed E-state index contributed by atoms with van der Waals surface area (Å²) in [4.78, 5) is 0. The Morgan fingerprint density at radius 2 is 0.459 bits per heavy atom. The zero-order chi connectivity index (χ0) is 80.8. The van der Waals surface area contributed by atoms with E-state index in [9.17, 15) is 169 Å². The van der Waals surface area contributed by atoms with Gasteiger partial charge in [0.15, 0.2) is 50.3 Å². The van der Waals surface area contributed by atoms with Crippen molar-refractivity contribution in [2.24, 2.45) is 5.73 Å². The van der Waals surface area contributed by atoms with E-state index < -0.39 is 347 Å². The minimum atomic E-state index is -2.66. The van der Waals surface area contributed by atoms with Crippen LogP contribution >= 0.6 is 0 Å². The number of aliphatic hydroxyl groups excluding tert-OH is 33. The summed E-state index contributed by atoms with van der Waals surface area (Å²) >= 11 is 0. The van der Waals surface area contributed by atoms with E-state index in [0.717, 1.165) is 0 Å². The van der Waals surface area contributed by atoms with Crippen LogP contribution in [0, 0.1) is 0 Å². The van der Waals surface area contributed by atoms with Crippen LogP contribution in [0.3, 0.4) is 0 Å². The molecule has 0 saturated carbocycles. The molecule has 8 heterocycles. The van der Waals surface area contributed by atoms with Gasteiger partial charge in [0.1, 0.15) is 244 Å². The van der Waals surface area contributed by atoms with E-state index in [-0.39, 0.29) is 19.6 Å². The number of rotatable bonds is 34. The second kappa shape index (κ2) is 40.9. The Kier molecular flexibility index (Phi) is 34.7. The summed E-state index contributed by atoms with van der Waals surface area (Å²) in [5.74, 6) is 0. The van der Waals surface area contributed by atoms with E-state index in [1.807, 2.05) is 0 Å². The van der Waals surface area contributed by atoms with Gasteiger partial charge in [-0.3, -0.25) is 0 Å². The van der Waals surface area contributed by atoms with Crippen LogP contribution in [0.4, 0.5) is 0 Å². The van der Waals surface area contributed by atoms with Crippen LogP contribution in [0.2, 0.25) is 0 Å². The average Bonchev–Trinajstić information content (AvgIpc) is 0.770. The summed E-state index contributed by atoms with van der Waals surface area (Å²) in [7, 11) is 0. The molecule has 0 amide bonds. The number of nitrogens with two attached hydrogens (primary N) is 1. The van der Waals surface area contributed by atoms with Gasteiger partial charge in [-0.25, -0.2) is 0 Å². The monoisotopic (exact) mass is 1610 g/mol. The van der Waals surface area contributed by atoms with E-state index in [4.69, 9.17) is 81.5 Å². The van der Waals surface area contributed by atoms with Crippen LogP contribution in [-0.4, -0.2) is 529 Å². The predicted octanol–water partition coefficient (Wildman–Crippen LogP) is -23.2. The standard InChI is InChI=1S/C59H105NO49/c60-2-1-3-94-58-50(26(82)24(80)39(101-58)13(70)5-62)109-59-51(27(83)25(81)40(102-59)14(71)6-63)108-53-29(85)21(77)23(79)45(103-53)19(11-68)95-54-34(90)46(30(86)41(97-54)15(72)7-64)105-56-36(92)48(32(88)43(99-56)17(74)9-66)107-57-37(93)49(33(89)44(100-57)18(75)10-67)106-55-35(91)47(31(87)42(98-55)16(73)8-65)104-52-28(84)20(76)22(78)38(96-52)12(69)4-61/h12-59,61-93H,1-11,60H2/t12-,13-,14-,15-,16-,17-,18-,19-,20+,21+,22+,23+,24+,25+,26+,27+,28+,29+,30-,31-,32-,33-,34+,35+,36+,37+,38-,39-,40-,41-,42-,43-,44-,45-,46+,47+,48+,49+,50+,51+,52-,53-,54+,55-,56-,57-,58+,59-/m1/s1. The molecule has 0 spiro atoms. The molecule has 50 nitrogen and oxygen atoms in total. The lowest BCUT2D eigenvalue weighted by Gasteiger charge is -2.51. The maximum absolute atomic E-state index is 12.1. The van der Waals surface area contributed by atoms with Crippen molar-refractivity contribution in [2.75, 3.05) is 66.0 Å². The molecule has 0 aromatic rings. The molecule has 48 atom stereocenters. The lowest BCUT2D eigenvalue weighted by Crippen LogP contribution is -2.70. The van der Waals surface area contributed by atoms with Gasteiger partial charge in [0.2, 0.25) is 0 Å². The molecule has 109 heavy (non-hydrogen) atoms. The SMILES string of the molecule is NCCCO[C@H]1O[C@H]([C@H](O)CO)[C@@H](O)[C@H](O)[C@@H]1O[C@H]1O[C@H]([C@H](O)CO)[C@@H](O)[C@H](O)[C@@H]1O[C@H]1O[C@H]([C@@H](CO)O[C@H]2O[C@H]([C@H](O)CO)[C@@H](O)[C@H](O[C@H]3O[C@H]([C@H](O)CO)[C@@H](O)[C@H](O[C@H]4O[C@H]([C@H](O)CO)[C@@H](O)[C@H](O[C@H]5O[C@H]([C@H](O)CO)[C@@H](O)[C@H](O[C@H]6O[C@H]([C@H](O)CO)[C@@H](O)[C@H](O)[C@@H]6O)[C@@H]5O)[C@@H]4O)[C@@H]3O)[C@@H]2O)[C@@H](O)[C@H](O)[C@@H]1O. The third kappa shape index (κ3) is 20.1. The van der Waals surface area contributed by atoms with Crippen molar-refractivity contribution in [3.8, 4) is 0 Å². The lowest BCUT2D eigenvalue weighted by molar-refractivity contribution is -0.407. The number of hydrogen-bond donors (Lipinski definition) is 34. The van der Waals surface area contributed by atoms with Gasteiger partial charge in [0, 0.05) is 0 Å². The molecule has 8 fully saturated rings. The maximum atomic E-state index is 12.1. The zero-order valence-electron chi connectivity index (χ0n) is 57.4. The van der Waals surface area contributed by atoms with Crippen LogP contribution in [0.1, 0.15) is 6.42 Å². The minimum absolute atomic E-state index is 0.0244. The van der Waals surface area contributed by atoms with E-state index in [2.05, 4.69) is 0 Å². The van der Waals surface area contributed by atoms with Crippen LogP contribution in [-0.2, 0) is 75.8 Å². The van der Waals surface area contributed by atoms with Crippen molar-refractivity contribution in [3.05, 3.63) is 0 Å². The highest BCUT2D eigenvalue weighted by molar-refractivity contribution is 5.05. The zero-order valence-corrected chi connectivity index (χ0v) is 57.4. The van der Waals surface area contributed by atoms with Crippen LogP contribution in [0.15, 0.2) is 0 Å². The van der Waals surface area contributed by atoms with E-state index in [1.54, 1.807) is 0 Å². The third-order valence-electron chi connectivity index (χ3n) is 19.9. The molecule has 0 bridgehead atoms. The first kappa shape index (κ1) is 92.5. The fraction of sp³-hybridized carbons (Fsp3) is 1.00. The highest BCUT2D eigenvalue weighted by Crippen LogP contribution is 2.41. The van der Waals surface area contributed by atoms with Gasteiger partial charge in [-0.05, 0) is 13.0 Å². The smallest absolute Gasteiger partial charge is 0.187 e. The number of aliphatic hydroxyl groups is 33. The van der Waals surface area contributed by atoms with Gasteiger partial charge in [0.05, 0.1) is 59.5 Å². The molecule has 50 heteroatoms. The number of ether oxygens (including phenoxy) is 16. The summed E-state index contributed by atoms with van der Waals surface area (Å²) in [5.41, 5.74) is 5.60. The van der Waals surface area contributed by atoms with Crippen molar-refractivity contribution < 1.29 is 244 Å². The first-order valence-corrected chi connectivity index (χ1v) is 34.6. The fourth-order valence-corrected chi connectivity index (χ4v) is 13.6. The average molecular weight is 1610 g/mol. The molecular weight excluding hydrogens is 1510 g/mol. The topological polar surface area (TPSA) is 841 Å². The molecule has 0 aromatic heterocycles. The van der Waals surface area contributed by atoms with Gasteiger partial charge < -0.3 is 250 Å². The van der Waals surface area contributed by atoms with Gasteiger partial charge in [-0.15, -0.1) is 0 Å². The Bertz CT molecular complexity index is 2650. The predicted molar refractivity (Wildman–Crippen MR) is 330 cm³/mol. The summed E-state index contributed by atoms with van der Waals surface area (Å²) < 4.78 is 91.5. The lowest BCUT2D eigenvalue weighted by atomic mass is 9.92. The molecule has 0 aliphatic carbocycles. The van der Waals surface area contributed by atoms with E-state index >= 15 is 0 Å². The van der Waals surface area contributed by atoms with Gasteiger partial charge in [-0.1, -0.05) is 0 Å². The molecule has 0 aromatic carbocycles. The van der Waals surface area contributed by atoms with Crippen LogP contribution in [0.5, 0.6) is 0 Å². The Labute approximate surface area is 615 Å². The Morgan fingerprint density at radius 3 is 0.771 bits per heavy atom. The van der Waals surface area contributed by atoms with Crippen molar-refractivity contribution >= 4 is 0 Å². The van der Waals surface area contributed by atoms with Crippen LogP contribution in [0.25, 0.3) is 0 Å². The quantitative estimate of drug-likeness (QED) is 0.0266. The summed E-state index contributed by atoms with van der Waals surface area (Å²) in [6, 6.07) is 0. The normalized spacial score (nSPS) is 48.4. The van der Waals surface area contributed by atoms with E-state index in [0.29, 0.717) is 0 Å². The van der Waals surface area contributed by atoms with Crippen molar-refractivity contribution in [2.45, 2.75) is 301 Å². The summed E-state index contributed by atoms with van der Waals surface area (Å²) in [6.07, 6.45) is -110. The molecule has 35 N–H and O–H groups in total. The second-order valence-electron chi connectivity index (χ2n) is 27.3. The molecule has 8 aliphatic rings. The Balaban J connectivity index is 1.04. The molecule has 8 saturated heterocycles. The van der Waals surface area contributed by atoms with Gasteiger partial charge in [-0.2, -0.15) is 0 Å². The van der Waals surface area contributed by atoms with Crippen molar-refractivity contribution in [3.63, 3.8) is 0 Å². The molecule has 0 radical (unpaired) electrons. The van der Waals surface area contributed by atoms with Crippen molar-refractivity contribution in [1.29, 1.82) is 0 Å². The summed E-state index contributed by atoms with van der Waals surface area (Å²) in [6.45, 7) is -10.1. The second-order valence-corrected chi connectivity index (χ2v) is 27.3. The highest BCUT2D eigenvalue weighted by atomic mass is 16.8. The molecule has 0 unspecified atom stereocenters. The maximum Gasteiger partial charge on any atom is 0.187 e. The molecule has 640 valence electrons. The van der Waals surface area contributed by atoms with E-state index in [1.165, 1.54) is 0 Å². The molecule has 8 aliphatic heterocycles. The Hall–Kier alpha value is -2.00. The molecular formula is C59H105NO49. The molecule has 8 rings (SSSR count). The first-order chi connectivity index (χ1) is 51.6. The first-order valence-electron chi connectivity index (χ1n) is 34.6. The summed E-state index contributed by atoms with van der Waals surface area (Å²) in [5, 5.41) is 361. The van der Waals surface area contributed by atoms with Gasteiger partial charge in [0.25, 0.3) is 0 Å². The Morgan fingerprint density at radius 1 is 0.229 bits per heavy atom. The van der Waals surface area contributed by atoms with Crippen LogP contribution < -0.4 is 5.73 Å². The fourth-order valence-electron chi connectivity index (χ4n) is 13.6. The third-order valence-corrected chi connectivity index (χ3v) is 19.9. The van der Waals surface area contributed by atoms with Gasteiger partial charge >= 0.3 is 0 Å². The number of hydrogen-bond acceptors (Lipinski definition) is 50. The minimum Gasteiger partial charge on any atom is -0.394 e. The van der Waals surface area contributed by atoms with Crippen molar-refractivity contribution in [1.82, 2.24) is 0 Å². The largest absolute Gasteiger partial charge is 0.394 e. The highest BCUT2D eigenvalue weighted by Gasteiger charge is 2.62.